The molecule has 0 spiro atoms. The van der Waals surface area contributed by atoms with Gasteiger partial charge in [-0.1, -0.05) is 0 Å². The zero-order valence-electron chi connectivity index (χ0n) is 7.43. The van der Waals surface area contributed by atoms with E-state index >= 15 is 0 Å². The average molecular weight is 199 g/mol. The molecule has 0 saturated carbocycles. The SMILES string of the molecule is CNC(=O)c1ccc(SC)cc1F. The molecule has 2 nitrogen and oxygen atoms in total. The molecule has 1 rings (SSSR count). The van der Waals surface area contributed by atoms with Crippen LogP contribution in [0, 0.1) is 5.82 Å². The lowest BCUT2D eigenvalue weighted by molar-refractivity contribution is 0.0959. The van der Waals surface area contributed by atoms with E-state index in [2.05, 4.69) is 5.32 Å². The molecule has 0 aliphatic carbocycles. The summed E-state index contributed by atoms with van der Waals surface area (Å²) in [4.78, 5) is 11.9. The zero-order chi connectivity index (χ0) is 9.84. The lowest BCUT2D eigenvalue weighted by atomic mass is 10.2. The molecule has 0 aromatic heterocycles. The lowest BCUT2D eigenvalue weighted by Gasteiger charge is -2.02. The first-order chi connectivity index (χ1) is 6.19. The van der Waals surface area contributed by atoms with Crippen molar-refractivity contribution >= 4 is 17.7 Å². The molecule has 0 unspecified atom stereocenters. The minimum absolute atomic E-state index is 0.0836. The number of hydrogen-bond acceptors (Lipinski definition) is 2. The Morgan fingerprint density at radius 1 is 1.54 bits per heavy atom. The van der Waals surface area contributed by atoms with Crippen molar-refractivity contribution < 1.29 is 9.18 Å². The van der Waals surface area contributed by atoms with Crippen molar-refractivity contribution in [1.82, 2.24) is 5.32 Å². The molecular weight excluding hydrogens is 189 g/mol. The molecule has 0 fully saturated rings. The highest BCUT2D eigenvalue weighted by Crippen LogP contribution is 2.18. The summed E-state index contributed by atoms with van der Waals surface area (Å²) in [6, 6.07) is 4.56. The van der Waals surface area contributed by atoms with Crippen LogP contribution in [-0.2, 0) is 0 Å². The third kappa shape index (κ3) is 2.21. The van der Waals surface area contributed by atoms with Gasteiger partial charge in [-0.2, -0.15) is 0 Å². The smallest absolute Gasteiger partial charge is 0.253 e. The fourth-order valence-electron chi connectivity index (χ4n) is 0.942. The second-order valence-electron chi connectivity index (χ2n) is 2.42. The molecule has 0 saturated heterocycles. The van der Waals surface area contributed by atoms with Gasteiger partial charge >= 0.3 is 0 Å². The Hall–Kier alpha value is -1.03. The Balaban J connectivity index is 3.05. The highest BCUT2D eigenvalue weighted by atomic mass is 32.2. The van der Waals surface area contributed by atoms with E-state index in [1.807, 2.05) is 6.26 Å². The topological polar surface area (TPSA) is 29.1 Å². The molecule has 1 aromatic rings. The van der Waals surface area contributed by atoms with Crippen LogP contribution >= 0.6 is 11.8 Å². The number of amides is 1. The highest BCUT2D eigenvalue weighted by Gasteiger charge is 2.09. The van der Waals surface area contributed by atoms with Gasteiger partial charge in [-0.05, 0) is 24.5 Å². The summed E-state index contributed by atoms with van der Waals surface area (Å²) in [7, 11) is 1.48. The Labute approximate surface area is 80.5 Å². The van der Waals surface area contributed by atoms with E-state index < -0.39 is 11.7 Å². The largest absolute Gasteiger partial charge is 0.355 e. The first kappa shape index (κ1) is 10.1. The molecule has 0 radical (unpaired) electrons. The van der Waals surface area contributed by atoms with Crippen LogP contribution in [0.2, 0.25) is 0 Å². The van der Waals surface area contributed by atoms with E-state index in [0.717, 1.165) is 4.90 Å². The van der Waals surface area contributed by atoms with Crippen molar-refractivity contribution in [3.63, 3.8) is 0 Å². The maximum absolute atomic E-state index is 13.2. The zero-order valence-corrected chi connectivity index (χ0v) is 8.24. The molecule has 0 atom stereocenters. The molecule has 1 amide bonds. The standard InChI is InChI=1S/C9H10FNOS/c1-11-9(12)7-4-3-6(13-2)5-8(7)10/h3-5H,1-2H3,(H,11,12). The molecule has 0 aliphatic heterocycles. The number of thioether (sulfide) groups is 1. The minimum Gasteiger partial charge on any atom is -0.355 e. The van der Waals surface area contributed by atoms with E-state index in [9.17, 15) is 9.18 Å². The van der Waals surface area contributed by atoms with Crippen LogP contribution in [0.25, 0.3) is 0 Å². The number of rotatable bonds is 2. The molecule has 13 heavy (non-hydrogen) atoms. The monoisotopic (exact) mass is 199 g/mol. The number of carbonyl (C=O) groups is 1. The van der Waals surface area contributed by atoms with Crippen LogP contribution in [0.4, 0.5) is 4.39 Å². The Morgan fingerprint density at radius 3 is 2.69 bits per heavy atom. The number of halogens is 1. The van der Waals surface area contributed by atoms with Gasteiger partial charge in [-0.25, -0.2) is 4.39 Å². The van der Waals surface area contributed by atoms with Crippen LogP contribution < -0.4 is 5.32 Å². The van der Waals surface area contributed by atoms with Crippen LogP contribution in [0.1, 0.15) is 10.4 Å². The second kappa shape index (κ2) is 4.28. The summed E-state index contributed by atoms with van der Waals surface area (Å²) in [5, 5.41) is 2.37. The molecule has 4 heteroatoms. The predicted molar refractivity (Wildman–Crippen MR) is 51.6 cm³/mol. The Bertz CT molecular complexity index is 327. The number of nitrogens with one attached hydrogen (secondary N) is 1. The summed E-state index contributed by atoms with van der Waals surface area (Å²) in [5.74, 6) is -0.878. The second-order valence-corrected chi connectivity index (χ2v) is 3.30. The third-order valence-corrected chi connectivity index (χ3v) is 2.37. The Kier molecular flexibility index (Phi) is 3.31. The summed E-state index contributed by atoms with van der Waals surface area (Å²) < 4.78 is 13.2. The molecule has 70 valence electrons. The highest BCUT2D eigenvalue weighted by molar-refractivity contribution is 7.98. The molecule has 1 aromatic carbocycles. The summed E-state index contributed by atoms with van der Waals surface area (Å²) in [6.07, 6.45) is 1.86. The van der Waals surface area contributed by atoms with E-state index in [-0.39, 0.29) is 5.56 Å². The van der Waals surface area contributed by atoms with Gasteiger partial charge in [0.05, 0.1) is 5.56 Å². The van der Waals surface area contributed by atoms with Crippen molar-refractivity contribution in [3.8, 4) is 0 Å². The molecule has 0 bridgehead atoms. The van der Waals surface area contributed by atoms with Crippen molar-refractivity contribution in [1.29, 1.82) is 0 Å². The summed E-state index contributed by atoms with van der Waals surface area (Å²) in [6.45, 7) is 0. The van der Waals surface area contributed by atoms with Gasteiger partial charge in [0.1, 0.15) is 5.82 Å². The average Bonchev–Trinajstić information content (AvgIpc) is 2.16. The molecule has 0 heterocycles. The first-order valence-electron chi connectivity index (χ1n) is 3.74. The quantitative estimate of drug-likeness (QED) is 0.737. The van der Waals surface area contributed by atoms with Crippen molar-refractivity contribution in [2.45, 2.75) is 4.90 Å². The van der Waals surface area contributed by atoms with Crippen LogP contribution in [0.5, 0.6) is 0 Å². The lowest BCUT2D eigenvalue weighted by Crippen LogP contribution is -2.19. The summed E-state index contributed by atoms with van der Waals surface area (Å²) >= 11 is 1.44. The van der Waals surface area contributed by atoms with E-state index in [1.165, 1.54) is 30.9 Å². The fourth-order valence-corrected chi connectivity index (χ4v) is 1.37. The van der Waals surface area contributed by atoms with Gasteiger partial charge in [0.25, 0.3) is 5.91 Å². The first-order valence-corrected chi connectivity index (χ1v) is 4.97. The number of hydrogen-bond donors (Lipinski definition) is 1. The van der Waals surface area contributed by atoms with Gasteiger partial charge < -0.3 is 5.32 Å². The Morgan fingerprint density at radius 2 is 2.23 bits per heavy atom. The molecule has 0 aliphatic rings. The van der Waals surface area contributed by atoms with Gasteiger partial charge in [-0.3, -0.25) is 4.79 Å². The van der Waals surface area contributed by atoms with Gasteiger partial charge in [0, 0.05) is 11.9 Å². The number of benzene rings is 1. The fraction of sp³-hybridized carbons (Fsp3) is 0.222. The van der Waals surface area contributed by atoms with Crippen molar-refractivity contribution in [2.75, 3.05) is 13.3 Å². The molecular formula is C9H10FNOS. The van der Waals surface area contributed by atoms with Crippen LogP contribution in [-0.4, -0.2) is 19.2 Å². The normalized spacial score (nSPS) is 9.77. The third-order valence-electron chi connectivity index (χ3n) is 1.65. The molecule has 1 N–H and O–H groups in total. The van der Waals surface area contributed by atoms with Crippen LogP contribution in [0.3, 0.4) is 0 Å². The predicted octanol–water partition coefficient (Wildman–Crippen LogP) is 1.91. The van der Waals surface area contributed by atoms with Crippen LogP contribution in [0.15, 0.2) is 23.1 Å². The van der Waals surface area contributed by atoms with Gasteiger partial charge in [0.15, 0.2) is 0 Å². The van der Waals surface area contributed by atoms with Crippen molar-refractivity contribution in [3.05, 3.63) is 29.6 Å². The maximum Gasteiger partial charge on any atom is 0.253 e. The summed E-state index contributed by atoms with van der Waals surface area (Å²) in [5.41, 5.74) is 0.0836. The van der Waals surface area contributed by atoms with E-state index in [0.29, 0.717) is 0 Å². The maximum atomic E-state index is 13.2. The van der Waals surface area contributed by atoms with E-state index in [1.54, 1.807) is 6.07 Å². The van der Waals surface area contributed by atoms with Gasteiger partial charge in [0.2, 0.25) is 0 Å². The number of carbonyl (C=O) groups excluding carboxylic acids is 1. The van der Waals surface area contributed by atoms with Crippen molar-refractivity contribution in [2.24, 2.45) is 0 Å². The van der Waals surface area contributed by atoms with E-state index in [4.69, 9.17) is 0 Å². The minimum atomic E-state index is -0.480. The van der Waals surface area contributed by atoms with Gasteiger partial charge in [-0.15, -0.1) is 11.8 Å².